The monoisotopic (exact) mass is 433 g/mol. The molecule has 170 valence electrons. The van der Waals surface area contributed by atoms with Crippen LogP contribution in [0.2, 0.25) is 0 Å². The lowest BCUT2D eigenvalue weighted by atomic mass is 9.90. The van der Waals surface area contributed by atoms with Crippen LogP contribution in [0.15, 0.2) is 60.7 Å². The van der Waals surface area contributed by atoms with Gasteiger partial charge in [-0.05, 0) is 23.0 Å². The molecule has 0 aliphatic carbocycles. The van der Waals surface area contributed by atoms with Gasteiger partial charge in [0.2, 0.25) is 11.8 Å². The van der Waals surface area contributed by atoms with E-state index in [1.807, 2.05) is 46.2 Å². The van der Waals surface area contributed by atoms with Gasteiger partial charge >= 0.3 is 0 Å². The third-order valence-corrected chi connectivity index (χ3v) is 6.61. The molecule has 2 heterocycles. The van der Waals surface area contributed by atoms with Crippen LogP contribution in [0.25, 0.3) is 0 Å². The first kappa shape index (κ1) is 22.5. The Labute approximate surface area is 191 Å². The van der Waals surface area contributed by atoms with Gasteiger partial charge in [-0.15, -0.1) is 0 Å². The number of carbonyl (C=O) groups excluding carboxylic acids is 2. The zero-order chi connectivity index (χ0) is 22.8. The van der Waals surface area contributed by atoms with Crippen molar-refractivity contribution in [1.82, 2.24) is 15.1 Å². The summed E-state index contributed by atoms with van der Waals surface area (Å²) in [5, 5.41) is 3.72. The topological polar surface area (TPSA) is 52.7 Å². The molecule has 2 amide bonds. The van der Waals surface area contributed by atoms with Gasteiger partial charge in [0.15, 0.2) is 0 Å². The van der Waals surface area contributed by atoms with Crippen LogP contribution in [0.3, 0.4) is 0 Å². The molecule has 2 saturated heterocycles. The zero-order valence-electron chi connectivity index (χ0n) is 19.5. The van der Waals surface area contributed by atoms with Crippen molar-refractivity contribution in [3.63, 3.8) is 0 Å². The van der Waals surface area contributed by atoms with Gasteiger partial charge in [-0.25, -0.2) is 0 Å². The molecule has 2 aromatic carbocycles. The summed E-state index contributed by atoms with van der Waals surface area (Å²) in [6.45, 7) is 8.25. The first-order valence-corrected chi connectivity index (χ1v) is 11.7. The van der Waals surface area contributed by atoms with Gasteiger partial charge in [-0.1, -0.05) is 81.4 Å². The second kappa shape index (κ2) is 9.07. The molecule has 2 aliphatic rings. The fourth-order valence-electron chi connectivity index (χ4n) is 4.95. The molecule has 2 aliphatic heterocycles. The smallest absolute Gasteiger partial charge is 0.241 e. The van der Waals surface area contributed by atoms with Crippen molar-refractivity contribution >= 4 is 11.8 Å². The minimum atomic E-state index is -0.398. The van der Waals surface area contributed by atoms with Gasteiger partial charge in [-0.2, -0.15) is 0 Å². The van der Waals surface area contributed by atoms with Gasteiger partial charge in [-0.3, -0.25) is 14.9 Å². The molecule has 0 aromatic heterocycles. The van der Waals surface area contributed by atoms with Crippen molar-refractivity contribution in [3.8, 4) is 0 Å². The molecule has 4 rings (SSSR count). The molecular formula is C27H35N3O2. The lowest BCUT2D eigenvalue weighted by Gasteiger charge is -2.45. The van der Waals surface area contributed by atoms with E-state index in [4.69, 9.17) is 0 Å². The van der Waals surface area contributed by atoms with Crippen LogP contribution in [0.5, 0.6) is 0 Å². The third-order valence-electron chi connectivity index (χ3n) is 6.61. The van der Waals surface area contributed by atoms with Crippen molar-refractivity contribution in [1.29, 1.82) is 0 Å². The standard InChI is InChI=1S/C27H35N3O2/c1-26(2,3)19-24(31)29-16-14-27(15-17-29)28-23(18-21-10-6-4-7-11-21)25(32)30(27)20-22-12-8-5-9-13-22/h4-13,23,28H,14-20H2,1-3H3. The largest absolute Gasteiger partial charge is 0.342 e. The maximum Gasteiger partial charge on any atom is 0.241 e. The summed E-state index contributed by atoms with van der Waals surface area (Å²) in [6.07, 6.45) is 2.75. The van der Waals surface area contributed by atoms with Crippen molar-refractivity contribution in [3.05, 3.63) is 71.8 Å². The van der Waals surface area contributed by atoms with Crippen LogP contribution >= 0.6 is 0 Å². The lowest BCUT2D eigenvalue weighted by molar-refractivity contribution is -0.138. The maximum atomic E-state index is 13.6. The van der Waals surface area contributed by atoms with E-state index in [1.165, 1.54) is 0 Å². The fourth-order valence-corrected chi connectivity index (χ4v) is 4.95. The Kier molecular flexibility index (Phi) is 6.38. The number of benzene rings is 2. The van der Waals surface area contributed by atoms with Crippen LogP contribution < -0.4 is 5.32 Å². The average molecular weight is 434 g/mol. The molecule has 2 aromatic rings. The van der Waals surface area contributed by atoms with Crippen molar-refractivity contribution < 1.29 is 9.59 Å². The Morgan fingerprint density at radius 2 is 1.53 bits per heavy atom. The quantitative estimate of drug-likeness (QED) is 0.776. The van der Waals surface area contributed by atoms with Crippen LogP contribution in [-0.2, 0) is 22.6 Å². The number of amides is 2. The summed E-state index contributed by atoms with van der Waals surface area (Å²) in [6, 6.07) is 20.2. The predicted octanol–water partition coefficient (Wildman–Crippen LogP) is 3.98. The van der Waals surface area contributed by atoms with E-state index >= 15 is 0 Å². The Morgan fingerprint density at radius 3 is 2.09 bits per heavy atom. The Balaban J connectivity index is 1.52. The van der Waals surface area contributed by atoms with E-state index in [2.05, 4.69) is 50.4 Å². The maximum absolute atomic E-state index is 13.6. The number of likely N-dealkylation sites (tertiary alicyclic amines) is 1. The summed E-state index contributed by atoms with van der Waals surface area (Å²) in [7, 11) is 0. The van der Waals surface area contributed by atoms with Crippen LogP contribution in [0, 0.1) is 5.41 Å². The number of hydrogen-bond acceptors (Lipinski definition) is 3. The highest BCUT2D eigenvalue weighted by Gasteiger charge is 2.51. The molecular weight excluding hydrogens is 398 g/mol. The average Bonchev–Trinajstić information content (AvgIpc) is 3.00. The zero-order valence-corrected chi connectivity index (χ0v) is 19.5. The highest BCUT2D eigenvalue weighted by atomic mass is 16.2. The third kappa shape index (κ3) is 5.04. The lowest BCUT2D eigenvalue weighted by Crippen LogP contribution is -2.59. The summed E-state index contributed by atoms with van der Waals surface area (Å²) < 4.78 is 0. The molecule has 1 unspecified atom stereocenters. The molecule has 0 radical (unpaired) electrons. The summed E-state index contributed by atoms with van der Waals surface area (Å²) >= 11 is 0. The van der Waals surface area contributed by atoms with Gasteiger partial charge in [0.05, 0.1) is 11.7 Å². The number of piperidine rings is 1. The second-order valence-corrected chi connectivity index (χ2v) is 10.4. The highest BCUT2D eigenvalue weighted by Crippen LogP contribution is 2.35. The normalized spacial score (nSPS) is 20.7. The van der Waals surface area contributed by atoms with E-state index in [9.17, 15) is 9.59 Å². The molecule has 1 N–H and O–H groups in total. The SMILES string of the molecule is CC(C)(C)CC(=O)N1CCC2(CC1)NC(Cc1ccccc1)C(=O)N2Cc1ccccc1. The van der Waals surface area contributed by atoms with Crippen molar-refractivity contribution in [2.75, 3.05) is 13.1 Å². The van der Waals surface area contributed by atoms with E-state index in [0.717, 1.165) is 24.0 Å². The molecule has 5 heteroatoms. The molecule has 32 heavy (non-hydrogen) atoms. The molecule has 1 atom stereocenters. The Bertz CT molecular complexity index is 928. The first-order valence-electron chi connectivity index (χ1n) is 11.7. The van der Waals surface area contributed by atoms with Crippen molar-refractivity contribution in [2.24, 2.45) is 5.41 Å². The molecule has 0 bridgehead atoms. The van der Waals surface area contributed by atoms with Gasteiger partial charge in [0, 0.05) is 38.9 Å². The first-order chi connectivity index (χ1) is 15.3. The number of nitrogens with one attached hydrogen (secondary N) is 1. The van der Waals surface area contributed by atoms with Crippen molar-refractivity contribution in [2.45, 2.75) is 64.7 Å². The molecule has 0 saturated carbocycles. The minimum Gasteiger partial charge on any atom is -0.342 e. The van der Waals surface area contributed by atoms with E-state index in [-0.39, 0.29) is 23.3 Å². The highest BCUT2D eigenvalue weighted by molar-refractivity contribution is 5.85. The van der Waals surface area contributed by atoms with Crippen LogP contribution in [0.1, 0.15) is 51.2 Å². The summed E-state index contributed by atoms with van der Waals surface area (Å²) in [4.78, 5) is 30.4. The van der Waals surface area contributed by atoms with Gasteiger partial charge in [0.1, 0.15) is 0 Å². The van der Waals surface area contributed by atoms with Crippen LogP contribution in [-0.4, -0.2) is 46.4 Å². The fraction of sp³-hybridized carbons (Fsp3) is 0.481. The summed E-state index contributed by atoms with van der Waals surface area (Å²) in [5.41, 5.74) is 1.88. The van der Waals surface area contributed by atoms with E-state index < -0.39 is 5.66 Å². The molecule has 1 spiro atoms. The minimum absolute atomic E-state index is 0.0199. The van der Waals surface area contributed by atoms with E-state index in [0.29, 0.717) is 32.5 Å². The Morgan fingerprint density at radius 1 is 0.969 bits per heavy atom. The van der Waals surface area contributed by atoms with Crippen LogP contribution in [0.4, 0.5) is 0 Å². The molecule has 5 nitrogen and oxygen atoms in total. The number of hydrogen-bond donors (Lipinski definition) is 1. The van der Waals surface area contributed by atoms with Gasteiger partial charge < -0.3 is 9.80 Å². The second-order valence-electron chi connectivity index (χ2n) is 10.4. The summed E-state index contributed by atoms with van der Waals surface area (Å²) in [5.74, 6) is 0.374. The van der Waals surface area contributed by atoms with Gasteiger partial charge in [0.25, 0.3) is 0 Å². The van der Waals surface area contributed by atoms with E-state index in [1.54, 1.807) is 0 Å². The molecule has 2 fully saturated rings. The number of nitrogens with zero attached hydrogens (tertiary/aromatic N) is 2. The Hall–Kier alpha value is -2.66. The predicted molar refractivity (Wildman–Crippen MR) is 127 cm³/mol. The number of carbonyl (C=O) groups is 2. The number of rotatable bonds is 5.